The van der Waals surface area contributed by atoms with E-state index in [0.29, 0.717) is 19.2 Å². The van der Waals surface area contributed by atoms with Crippen molar-refractivity contribution in [2.24, 2.45) is 0 Å². The van der Waals surface area contributed by atoms with Gasteiger partial charge in [-0.1, -0.05) is 31.5 Å². The molecule has 0 radical (unpaired) electrons. The van der Waals surface area contributed by atoms with E-state index in [9.17, 15) is 4.39 Å². The molecule has 2 N–H and O–H groups in total. The Morgan fingerprint density at radius 2 is 1.79 bits per heavy atom. The molecule has 1 aromatic heterocycles. The van der Waals surface area contributed by atoms with Crippen LogP contribution in [0.4, 0.5) is 27.5 Å². The van der Waals surface area contributed by atoms with Crippen molar-refractivity contribution in [2.75, 3.05) is 31.0 Å². The van der Waals surface area contributed by atoms with Crippen molar-refractivity contribution in [2.45, 2.75) is 19.8 Å². The molecular weight excluding hydrogens is 371 g/mol. The topological polar surface area (TPSA) is 68.3 Å². The van der Waals surface area contributed by atoms with Crippen molar-refractivity contribution in [1.82, 2.24) is 9.97 Å². The molecule has 6 nitrogen and oxygen atoms in total. The lowest BCUT2D eigenvalue weighted by atomic mass is 10.1. The average molecular weight is 396 g/mol. The molecule has 2 aromatic carbocycles. The van der Waals surface area contributed by atoms with Gasteiger partial charge in [0.15, 0.2) is 11.6 Å². The number of benzene rings is 2. The van der Waals surface area contributed by atoms with Gasteiger partial charge in [-0.2, -0.15) is 4.98 Å². The zero-order chi connectivity index (χ0) is 20.5. The van der Waals surface area contributed by atoms with Gasteiger partial charge in [0.05, 0.1) is 12.8 Å². The molecule has 0 saturated carbocycles. The van der Waals surface area contributed by atoms with E-state index in [1.807, 2.05) is 48.5 Å². The molecule has 0 aliphatic heterocycles. The number of rotatable bonds is 10. The van der Waals surface area contributed by atoms with Crippen LogP contribution < -0.4 is 15.4 Å². The minimum Gasteiger partial charge on any atom is -0.491 e. The summed E-state index contributed by atoms with van der Waals surface area (Å²) in [6.45, 7) is 3.12. The fraction of sp³-hybridized carbons (Fsp3) is 0.273. The number of nitrogens with one attached hydrogen (secondary N) is 2. The van der Waals surface area contributed by atoms with Crippen LogP contribution in [0.25, 0.3) is 0 Å². The van der Waals surface area contributed by atoms with E-state index in [4.69, 9.17) is 9.47 Å². The van der Waals surface area contributed by atoms with Gasteiger partial charge in [-0.3, -0.25) is 0 Å². The summed E-state index contributed by atoms with van der Waals surface area (Å²) in [5, 5.41) is 6.17. The lowest BCUT2D eigenvalue weighted by molar-refractivity contribution is 0.146. The fourth-order valence-corrected chi connectivity index (χ4v) is 2.78. The van der Waals surface area contributed by atoms with E-state index in [1.165, 1.54) is 0 Å². The normalized spacial score (nSPS) is 10.6. The van der Waals surface area contributed by atoms with Crippen LogP contribution in [-0.2, 0) is 11.2 Å². The highest BCUT2D eigenvalue weighted by atomic mass is 19.1. The molecule has 1 heterocycles. The summed E-state index contributed by atoms with van der Waals surface area (Å²) in [5.41, 5.74) is 2.73. The second-order valence-electron chi connectivity index (χ2n) is 6.41. The van der Waals surface area contributed by atoms with Crippen molar-refractivity contribution in [1.29, 1.82) is 0 Å². The Morgan fingerprint density at radius 1 is 1.00 bits per heavy atom. The zero-order valence-corrected chi connectivity index (χ0v) is 16.6. The highest BCUT2D eigenvalue weighted by Crippen LogP contribution is 2.24. The number of ether oxygens (including phenoxy) is 2. The van der Waals surface area contributed by atoms with Crippen LogP contribution in [0.1, 0.15) is 18.9 Å². The van der Waals surface area contributed by atoms with Gasteiger partial charge in [-0.15, -0.1) is 0 Å². The van der Waals surface area contributed by atoms with Gasteiger partial charge in [0.25, 0.3) is 0 Å². The van der Waals surface area contributed by atoms with E-state index in [1.54, 1.807) is 7.11 Å². The van der Waals surface area contributed by atoms with Gasteiger partial charge in [0.2, 0.25) is 5.95 Å². The molecule has 3 rings (SSSR count). The minimum atomic E-state index is -0.510. The molecule has 7 heteroatoms. The van der Waals surface area contributed by atoms with E-state index in [-0.39, 0.29) is 5.82 Å². The summed E-state index contributed by atoms with van der Waals surface area (Å²) in [6.07, 6.45) is 3.06. The SMILES string of the molecule is CCCc1ccccc1Nc1nc(Nc2ccc(OCCOC)cc2)ncc1F. The van der Waals surface area contributed by atoms with Crippen LogP contribution in [0.5, 0.6) is 5.75 Å². The number of para-hydroxylation sites is 1. The number of halogens is 1. The lowest BCUT2D eigenvalue weighted by Crippen LogP contribution is -2.05. The maximum Gasteiger partial charge on any atom is 0.229 e. The van der Waals surface area contributed by atoms with Crippen molar-refractivity contribution in [3.63, 3.8) is 0 Å². The Bertz CT molecular complexity index is 919. The third kappa shape index (κ3) is 5.89. The van der Waals surface area contributed by atoms with Crippen molar-refractivity contribution in [3.05, 3.63) is 66.1 Å². The standard InChI is InChI=1S/C22H25FN4O2/c1-3-6-16-7-4-5-8-20(16)26-21-19(23)15-24-22(27-21)25-17-9-11-18(12-10-17)29-14-13-28-2/h4-5,7-12,15H,3,6,13-14H2,1-2H3,(H2,24,25,26,27). The maximum absolute atomic E-state index is 14.3. The molecule has 0 aliphatic carbocycles. The first-order chi connectivity index (χ1) is 14.2. The van der Waals surface area contributed by atoms with Crippen molar-refractivity contribution < 1.29 is 13.9 Å². The summed E-state index contributed by atoms with van der Waals surface area (Å²) < 4.78 is 24.8. The van der Waals surface area contributed by atoms with Crippen LogP contribution in [0.3, 0.4) is 0 Å². The van der Waals surface area contributed by atoms with Gasteiger partial charge in [-0.25, -0.2) is 9.37 Å². The molecule has 0 atom stereocenters. The van der Waals surface area contributed by atoms with E-state index < -0.39 is 5.82 Å². The van der Waals surface area contributed by atoms with Crippen LogP contribution in [-0.4, -0.2) is 30.3 Å². The molecule has 0 amide bonds. The van der Waals surface area contributed by atoms with E-state index in [0.717, 1.165) is 41.7 Å². The Hall–Kier alpha value is -3.19. The minimum absolute atomic E-state index is 0.130. The number of aromatic nitrogens is 2. The predicted octanol–water partition coefficient (Wildman–Crippen LogP) is 5.08. The first-order valence-electron chi connectivity index (χ1n) is 9.56. The summed E-state index contributed by atoms with van der Waals surface area (Å²) in [6, 6.07) is 15.2. The third-order valence-electron chi connectivity index (χ3n) is 4.20. The van der Waals surface area contributed by atoms with Crippen LogP contribution >= 0.6 is 0 Å². The number of methoxy groups -OCH3 is 1. The Labute approximate surface area is 170 Å². The highest BCUT2D eigenvalue weighted by Gasteiger charge is 2.10. The number of aryl methyl sites for hydroxylation is 1. The highest BCUT2D eigenvalue weighted by molar-refractivity contribution is 5.63. The fourth-order valence-electron chi connectivity index (χ4n) is 2.78. The molecule has 0 aliphatic rings. The van der Waals surface area contributed by atoms with Crippen LogP contribution in [0, 0.1) is 5.82 Å². The van der Waals surface area contributed by atoms with Crippen LogP contribution in [0.2, 0.25) is 0 Å². The summed E-state index contributed by atoms with van der Waals surface area (Å²) in [4.78, 5) is 8.32. The third-order valence-corrected chi connectivity index (χ3v) is 4.20. The maximum atomic E-state index is 14.3. The Kier molecular flexibility index (Phi) is 7.35. The molecule has 0 fully saturated rings. The summed E-state index contributed by atoms with van der Waals surface area (Å²) in [7, 11) is 1.63. The summed E-state index contributed by atoms with van der Waals surface area (Å²) in [5.74, 6) is 0.659. The smallest absolute Gasteiger partial charge is 0.229 e. The molecule has 0 unspecified atom stereocenters. The second kappa shape index (κ2) is 10.4. The van der Waals surface area contributed by atoms with Gasteiger partial charge < -0.3 is 20.1 Å². The predicted molar refractivity (Wildman–Crippen MR) is 113 cm³/mol. The quantitative estimate of drug-likeness (QED) is 0.466. The number of nitrogens with zero attached hydrogens (tertiary/aromatic N) is 2. The molecule has 0 saturated heterocycles. The number of anilines is 4. The Morgan fingerprint density at radius 3 is 2.55 bits per heavy atom. The number of hydrogen-bond donors (Lipinski definition) is 2. The van der Waals surface area contributed by atoms with Crippen molar-refractivity contribution in [3.8, 4) is 5.75 Å². The first-order valence-corrected chi connectivity index (χ1v) is 9.56. The van der Waals surface area contributed by atoms with E-state index >= 15 is 0 Å². The Balaban J connectivity index is 1.71. The first kappa shape index (κ1) is 20.5. The molecule has 152 valence electrons. The number of hydrogen-bond acceptors (Lipinski definition) is 6. The summed E-state index contributed by atoms with van der Waals surface area (Å²) >= 11 is 0. The molecule has 0 bridgehead atoms. The van der Waals surface area contributed by atoms with Gasteiger partial charge in [-0.05, 0) is 42.3 Å². The van der Waals surface area contributed by atoms with Gasteiger partial charge in [0, 0.05) is 18.5 Å². The molecular formula is C22H25FN4O2. The molecule has 0 spiro atoms. The lowest BCUT2D eigenvalue weighted by Gasteiger charge is -2.13. The van der Waals surface area contributed by atoms with Gasteiger partial charge in [0.1, 0.15) is 12.4 Å². The van der Waals surface area contributed by atoms with Crippen LogP contribution in [0.15, 0.2) is 54.7 Å². The second-order valence-corrected chi connectivity index (χ2v) is 6.41. The zero-order valence-electron chi connectivity index (χ0n) is 16.6. The van der Waals surface area contributed by atoms with Gasteiger partial charge >= 0.3 is 0 Å². The monoisotopic (exact) mass is 396 g/mol. The van der Waals surface area contributed by atoms with E-state index in [2.05, 4.69) is 27.5 Å². The molecule has 29 heavy (non-hydrogen) atoms. The largest absolute Gasteiger partial charge is 0.491 e. The van der Waals surface area contributed by atoms with Crippen molar-refractivity contribution >= 4 is 23.1 Å². The molecule has 3 aromatic rings. The average Bonchev–Trinajstić information content (AvgIpc) is 2.73.